The molecule has 1 amide bonds. The normalized spacial score (nSPS) is 23.3. The molecule has 0 aromatic rings. The molecule has 0 saturated carbocycles. The van der Waals surface area contributed by atoms with Crippen molar-refractivity contribution in [3.05, 3.63) is 0 Å². The Hall–Kier alpha value is -1.10. The molecule has 0 unspecified atom stereocenters. The summed E-state index contributed by atoms with van der Waals surface area (Å²) < 4.78 is 4.60. The molecule has 5 nitrogen and oxygen atoms in total. The van der Waals surface area contributed by atoms with E-state index in [0.717, 1.165) is 0 Å². The van der Waals surface area contributed by atoms with E-state index in [1.165, 1.54) is 0 Å². The molecular weight excluding hydrogens is 148 g/mol. The Morgan fingerprint density at radius 1 is 1.82 bits per heavy atom. The van der Waals surface area contributed by atoms with Gasteiger partial charge in [0.25, 0.3) is 0 Å². The Morgan fingerprint density at radius 2 is 2.55 bits per heavy atom. The zero-order valence-electron chi connectivity index (χ0n) is 6.00. The SMILES string of the molecule is NC(=O)CC[C@@H]1NCOC1=O. The van der Waals surface area contributed by atoms with Crippen molar-refractivity contribution in [2.75, 3.05) is 6.73 Å². The fourth-order valence-corrected chi connectivity index (χ4v) is 0.904. The summed E-state index contributed by atoms with van der Waals surface area (Å²) in [6.07, 6.45) is 0.640. The van der Waals surface area contributed by atoms with Crippen LogP contribution in [0.5, 0.6) is 0 Å². The number of rotatable bonds is 3. The number of ether oxygens (including phenoxy) is 1. The maximum atomic E-state index is 10.7. The van der Waals surface area contributed by atoms with Crippen LogP contribution in [0.4, 0.5) is 0 Å². The van der Waals surface area contributed by atoms with Gasteiger partial charge in [-0.2, -0.15) is 0 Å². The van der Waals surface area contributed by atoms with Crippen molar-refractivity contribution in [3.8, 4) is 0 Å². The molecule has 62 valence electrons. The Kier molecular flexibility index (Phi) is 2.43. The highest BCUT2D eigenvalue weighted by Gasteiger charge is 2.25. The number of hydrogen-bond donors (Lipinski definition) is 2. The van der Waals surface area contributed by atoms with Crippen LogP contribution in [0.15, 0.2) is 0 Å². The van der Waals surface area contributed by atoms with Crippen molar-refractivity contribution < 1.29 is 14.3 Å². The summed E-state index contributed by atoms with van der Waals surface area (Å²) in [7, 11) is 0. The van der Waals surface area contributed by atoms with E-state index in [2.05, 4.69) is 10.1 Å². The minimum absolute atomic E-state index is 0.215. The van der Waals surface area contributed by atoms with Crippen molar-refractivity contribution in [1.29, 1.82) is 0 Å². The first kappa shape index (κ1) is 8.00. The van der Waals surface area contributed by atoms with Crippen LogP contribution in [0.1, 0.15) is 12.8 Å². The smallest absolute Gasteiger partial charge is 0.324 e. The number of cyclic esters (lactones) is 1. The molecule has 0 spiro atoms. The van der Waals surface area contributed by atoms with Crippen LogP contribution in [-0.4, -0.2) is 24.6 Å². The molecule has 1 heterocycles. The highest BCUT2D eigenvalue weighted by atomic mass is 16.6. The average molecular weight is 158 g/mol. The molecule has 0 bridgehead atoms. The van der Waals surface area contributed by atoms with Crippen molar-refractivity contribution in [2.24, 2.45) is 5.73 Å². The summed E-state index contributed by atoms with van der Waals surface area (Å²) in [5.41, 5.74) is 4.90. The largest absolute Gasteiger partial charge is 0.449 e. The first-order chi connectivity index (χ1) is 5.20. The van der Waals surface area contributed by atoms with Gasteiger partial charge in [-0.3, -0.25) is 14.9 Å². The highest BCUT2D eigenvalue weighted by Crippen LogP contribution is 2.03. The molecule has 11 heavy (non-hydrogen) atoms. The second-order valence-electron chi connectivity index (χ2n) is 2.37. The zero-order valence-corrected chi connectivity index (χ0v) is 6.00. The van der Waals surface area contributed by atoms with E-state index < -0.39 is 5.91 Å². The van der Waals surface area contributed by atoms with Crippen molar-refractivity contribution in [1.82, 2.24) is 5.32 Å². The molecule has 3 N–H and O–H groups in total. The first-order valence-electron chi connectivity index (χ1n) is 3.38. The monoisotopic (exact) mass is 158 g/mol. The lowest BCUT2D eigenvalue weighted by Gasteiger charge is -2.01. The van der Waals surface area contributed by atoms with Crippen LogP contribution in [0.25, 0.3) is 0 Å². The minimum atomic E-state index is -0.397. The number of nitrogens with two attached hydrogens (primary N) is 1. The van der Waals surface area contributed by atoms with Gasteiger partial charge >= 0.3 is 5.97 Å². The molecule has 1 aliphatic heterocycles. The maximum absolute atomic E-state index is 10.7. The Morgan fingerprint density at radius 3 is 3.00 bits per heavy atom. The minimum Gasteiger partial charge on any atom is -0.449 e. The lowest BCUT2D eigenvalue weighted by Crippen LogP contribution is -2.28. The quantitative estimate of drug-likeness (QED) is 0.501. The van der Waals surface area contributed by atoms with Gasteiger partial charge in [-0.15, -0.1) is 0 Å². The van der Waals surface area contributed by atoms with Crippen LogP contribution in [-0.2, 0) is 14.3 Å². The van der Waals surface area contributed by atoms with Gasteiger partial charge in [-0.25, -0.2) is 0 Å². The predicted octanol–water partition coefficient (Wildman–Crippen LogP) is -1.28. The molecule has 0 aromatic heterocycles. The van der Waals surface area contributed by atoms with Crippen LogP contribution < -0.4 is 11.1 Å². The van der Waals surface area contributed by atoms with E-state index in [1.807, 2.05) is 0 Å². The number of carbonyl (C=O) groups is 2. The zero-order chi connectivity index (χ0) is 8.27. The van der Waals surface area contributed by atoms with E-state index in [0.29, 0.717) is 6.42 Å². The molecular formula is C6H10N2O3. The van der Waals surface area contributed by atoms with Gasteiger partial charge in [0, 0.05) is 6.42 Å². The second-order valence-corrected chi connectivity index (χ2v) is 2.37. The summed E-state index contributed by atoms with van der Waals surface area (Å²) in [4.78, 5) is 21.1. The third kappa shape index (κ3) is 2.19. The number of esters is 1. The van der Waals surface area contributed by atoms with E-state index in [9.17, 15) is 9.59 Å². The molecule has 1 aliphatic rings. The number of nitrogens with one attached hydrogen (secondary N) is 1. The molecule has 5 heteroatoms. The Balaban J connectivity index is 2.26. The van der Waals surface area contributed by atoms with Crippen LogP contribution >= 0.6 is 0 Å². The first-order valence-corrected chi connectivity index (χ1v) is 3.38. The molecule has 1 fully saturated rings. The molecule has 1 rings (SSSR count). The fraction of sp³-hybridized carbons (Fsp3) is 0.667. The Bertz CT molecular complexity index is 181. The highest BCUT2D eigenvalue weighted by molar-refractivity contribution is 5.79. The van der Waals surface area contributed by atoms with Crippen LogP contribution in [0, 0.1) is 0 Å². The van der Waals surface area contributed by atoms with E-state index in [4.69, 9.17) is 5.73 Å². The van der Waals surface area contributed by atoms with Gasteiger partial charge in [-0.1, -0.05) is 0 Å². The van der Waals surface area contributed by atoms with Gasteiger partial charge in [0.05, 0.1) is 0 Å². The summed E-state index contributed by atoms with van der Waals surface area (Å²) in [5.74, 6) is -0.697. The topological polar surface area (TPSA) is 81.4 Å². The molecule has 0 radical (unpaired) electrons. The van der Waals surface area contributed by atoms with Crippen LogP contribution in [0.2, 0.25) is 0 Å². The van der Waals surface area contributed by atoms with Crippen molar-refractivity contribution in [3.63, 3.8) is 0 Å². The fourth-order valence-electron chi connectivity index (χ4n) is 0.904. The van der Waals surface area contributed by atoms with E-state index >= 15 is 0 Å². The average Bonchev–Trinajstić information content (AvgIpc) is 2.31. The maximum Gasteiger partial charge on any atom is 0.324 e. The standard InChI is InChI=1S/C6H10N2O3/c7-5(9)2-1-4-6(10)11-3-8-4/h4,8H,1-3H2,(H2,7,9)/t4-/m0/s1. The van der Waals surface area contributed by atoms with Gasteiger partial charge < -0.3 is 10.5 Å². The summed E-state index contributed by atoms with van der Waals surface area (Å²) in [5, 5.41) is 2.78. The molecule has 0 aromatic carbocycles. The van der Waals surface area contributed by atoms with Crippen LogP contribution in [0.3, 0.4) is 0 Å². The predicted molar refractivity (Wildman–Crippen MR) is 36.3 cm³/mol. The molecule has 1 saturated heterocycles. The van der Waals surface area contributed by atoms with Gasteiger partial charge in [0.2, 0.25) is 5.91 Å². The molecule has 1 atom stereocenters. The molecule has 0 aliphatic carbocycles. The Labute approximate surface area is 63.9 Å². The lowest BCUT2D eigenvalue weighted by molar-refractivity contribution is -0.139. The lowest BCUT2D eigenvalue weighted by atomic mass is 10.1. The van der Waals surface area contributed by atoms with Gasteiger partial charge in [-0.05, 0) is 6.42 Å². The number of amides is 1. The summed E-state index contributed by atoms with van der Waals surface area (Å²) >= 11 is 0. The summed E-state index contributed by atoms with van der Waals surface area (Å²) in [6.45, 7) is 0.238. The summed E-state index contributed by atoms with van der Waals surface area (Å²) in [6, 6.07) is -0.345. The second kappa shape index (κ2) is 3.34. The van der Waals surface area contributed by atoms with E-state index in [-0.39, 0.29) is 25.2 Å². The number of carbonyl (C=O) groups excluding carboxylic acids is 2. The third-order valence-electron chi connectivity index (χ3n) is 1.51. The van der Waals surface area contributed by atoms with E-state index in [1.54, 1.807) is 0 Å². The van der Waals surface area contributed by atoms with Crippen molar-refractivity contribution >= 4 is 11.9 Å². The number of hydrogen-bond acceptors (Lipinski definition) is 4. The van der Waals surface area contributed by atoms with Crippen molar-refractivity contribution in [2.45, 2.75) is 18.9 Å². The van der Waals surface area contributed by atoms with Gasteiger partial charge in [0.15, 0.2) is 0 Å². The number of primary amides is 1. The van der Waals surface area contributed by atoms with Gasteiger partial charge in [0.1, 0.15) is 12.8 Å². The third-order valence-corrected chi connectivity index (χ3v) is 1.51.